The molecule has 0 aromatic heterocycles. The van der Waals surface area contributed by atoms with Crippen LogP contribution in [0.25, 0.3) is 0 Å². The minimum Gasteiger partial charge on any atom is -0.394 e. The lowest BCUT2D eigenvalue weighted by molar-refractivity contribution is -0.168. The molecule has 0 saturated carbocycles. The molecule has 3 unspecified atom stereocenters. The van der Waals surface area contributed by atoms with Gasteiger partial charge in [0.15, 0.2) is 0 Å². The predicted octanol–water partition coefficient (Wildman–Crippen LogP) is -2.32. The zero-order chi connectivity index (χ0) is 16.9. The average Bonchev–Trinajstić information content (AvgIpc) is 3.43. The van der Waals surface area contributed by atoms with Gasteiger partial charge in [-0.05, 0) is 0 Å². The fourth-order valence-corrected chi connectivity index (χ4v) is 2.26. The molecule has 0 radical (unpaired) electrons. The predicted molar refractivity (Wildman–Crippen MR) is 78.6 cm³/mol. The molecule has 140 valence electrons. The van der Waals surface area contributed by atoms with E-state index in [9.17, 15) is 15.3 Å². The molecule has 3 saturated heterocycles. The highest BCUT2D eigenvalue weighted by Gasteiger charge is 2.37. The molecule has 3 N–H and O–H groups in total. The summed E-state index contributed by atoms with van der Waals surface area (Å²) in [5, 5.41) is 29.8. The Labute approximate surface area is 140 Å². The maximum absolute atomic E-state index is 10.6. The van der Waals surface area contributed by atoms with Gasteiger partial charge in [-0.3, -0.25) is 0 Å². The highest BCUT2D eigenvalue weighted by Crippen LogP contribution is 2.19. The fraction of sp³-hybridized carbons (Fsp3) is 1.00. The Kier molecular flexibility index (Phi) is 6.79. The van der Waals surface area contributed by atoms with Crippen LogP contribution in [0.1, 0.15) is 0 Å². The summed E-state index contributed by atoms with van der Waals surface area (Å²) in [6, 6.07) is 0. The van der Waals surface area contributed by atoms with Gasteiger partial charge in [-0.15, -0.1) is 0 Å². The van der Waals surface area contributed by atoms with E-state index in [0.29, 0.717) is 33.0 Å². The second-order valence-corrected chi connectivity index (χ2v) is 6.31. The molecular formula is C15H26O9. The SMILES string of the molecule is OC[C@@H](O)[C@@H](OCC1CO1)[C@H](O)[C@H](COCC1CO1)OCC1CO1. The van der Waals surface area contributed by atoms with Crippen LogP contribution < -0.4 is 0 Å². The molecule has 7 atom stereocenters. The van der Waals surface area contributed by atoms with E-state index in [-0.39, 0.29) is 31.5 Å². The van der Waals surface area contributed by atoms with E-state index in [0.717, 1.165) is 0 Å². The molecule has 3 aliphatic heterocycles. The van der Waals surface area contributed by atoms with Gasteiger partial charge in [0.25, 0.3) is 0 Å². The van der Waals surface area contributed by atoms with E-state index >= 15 is 0 Å². The first-order valence-corrected chi connectivity index (χ1v) is 8.30. The Morgan fingerprint density at radius 2 is 1.42 bits per heavy atom. The zero-order valence-corrected chi connectivity index (χ0v) is 13.5. The number of aliphatic hydroxyl groups is 3. The number of hydrogen-bond acceptors (Lipinski definition) is 9. The average molecular weight is 350 g/mol. The van der Waals surface area contributed by atoms with Gasteiger partial charge in [0.1, 0.15) is 42.7 Å². The van der Waals surface area contributed by atoms with Gasteiger partial charge >= 0.3 is 0 Å². The number of hydrogen-bond donors (Lipinski definition) is 3. The van der Waals surface area contributed by atoms with Crippen LogP contribution in [-0.4, -0.2) is 111 Å². The quantitative estimate of drug-likeness (QED) is 0.296. The topological polar surface area (TPSA) is 126 Å². The van der Waals surface area contributed by atoms with Crippen molar-refractivity contribution in [3.63, 3.8) is 0 Å². The maximum atomic E-state index is 10.6. The van der Waals surface area contributed by atoms with Crippen LogP contribution in [0.2, 0.25) is 0 Å². The van der Waals surface area contributed by atoms with Crippen molar-refractivity contribution >= 4 is 0 Å². The lowest BCUT2D eigenvalue weighted by Crippen LogP contribution is -2.50. The van der Waals surface area contributed by atoms with Crippen LogP contribution in [0.3, 0.4) is 0 Å². The monoisotopic (exact) mass is 350 g/mol. The molecule has 0 aromatic rings. The van der Waals surface area contributed by atoms with Crippen LogP contribution in [-0.2, 0) is 28.4 Å². The molecule has 3 fully saturated rings. The molecule has 9 heteroatoms. The Bertz CT molecular complexity index is 370. The molecule has 24 heavy (non-hydrogen) atoms. The molecule has 3 heterocycles. The van der Waals surface area contributed by atoms with Crippen molar-refractivity contribution < 1.29 is 43.7 Å². The second-order valence-electron chi connectivity index (χ2n) is 6.31. The molecule has 9 nitrogen and oxygen atoms in total. The first-order chi connectivity index (χ1) is 11.7. The highest BCUT2D eigenvalue weighted by molar-refractivity contribution is 4.85. The van der Waals surface area contributed by atoms with Gasteiger partial charge in [0.2, 0.25) is 0 Å². The number of ether oxygens (including phenoxy) is 6. The summed E-state index contributed by atoms with van der Waals surface area (Å²) < 4.78 is 32.0. The fourth-order valence-electron chi connectivity index (χ4n) is 2.26. The van der Waals surface area contributed by atoms with Crippen LogP contribution >= 0.6 is 0 Å². The minimum atomic E-state index is -1.23. The first-order valence-electron chi connectivity index (χ1n) is 8.30. The molecule has 3 aliphatic rings. The molecule has 3 rings (SSSR count). The van der Waals surface area contributed by atoms with Gasteiger partial charge in [-0.1, -0.05) is 0 Å². The third-order valence-electron chi connectivity index (χ3n) is 4.05. The van der Waals surface area contributed by atoms with E-state index in [1.165, 1.54) is 0 Å². The lowest BCUT2D eigenvalue weighted by atomic mass is 10.0. The number of rotatable bonds is 14. The molecule has 0 aromatic carbocycles. The van der Waals surface area contributed by atoms with Crippen LogP contribution in [0.4, 0.5) is 0 Å². The summed E-state index contributed by atoms with van der Waals surface area (Å²) in [7, 11) is 0. The van der Waals surface area contributed by atoms with E-state index < -0.39 is 31.0 Å². The summed E-state index contributed by atoms with van der Waals surface area (Å²) >= 11 is 0. The highest BCUT2D eigenvalue weighted by atomic mass is 16.6. The normalized spacial score (nSPS) is 32.9. The number of aliphatic hydroxyl groups excluding tert-OH is 3. The van der Waals surface area contributed by atoms with Crippen molar-refractivity contribution in [2.24, 2.45) is 0 Å². The van der Waals surface area contributed by atoms with Crippen molar-refractivity contribution in [1.82, 2.24) is 0 Å². The molecular weight excluding hydrogens is 324 g/mol. The van der Waals surface area contributed by atoms with Gasteiger partial charge in [-0.25, -0.2) is 0 Å². The second kappa shape index (κ2) is 8.84. The largest absolute Gasteiger partial charge is 0.394 e. The lowest BCUT2D eigenvalue weighted by Gasteiger charge is -2.32. The third kappa shape index (κ3) is 6.17. The third-order valence-corrected chi connectivity index (χ3v) is 4.05. The Morgan fingerprint density at radius 3 is 1.96 bits per heavy atom. The van der Waals surface area contributed by atoms with E-state index in [4.69, 9.17) is 28.4 Å². The summed E-state index contributed by atoms with van der Waals surface area (Å²) in [5.41, 5.74) is 0. The Balaban J connectivity index is 1.51. The summed E-state index contributed by atoms with van der Waals surface area (Å²) in [6.45, 7) is 2.52. The maximum Gasteiger partial charge on any atom is 0.114 e. The summed E-state index contributed by atoms with van der Waals surface area (Å²) in [6.07, 6.45) is -3.97. The zero-order valence-electron chi connectivity index (χ0n) is 13.5. The van der Waals surface area contributed by atoms with Crippen LogP contribution in [0.15, 0.2) is 0 Å². The molecule has 0 spiro atoms. The van der Waals surface area contributed by atoms with Gasteiger partial charge in [0.05, 0.1) is 52.9 Å². The van der Waals surface area contributed by atoms with Crippen molar-refractivity contribution in [3.05, 3.63) is 0 Å². The van der Waals surface area contributed by atoms with Crippen molar-refractivity contribution in [1.29, 1.82) is 0 Å². The van der Waals surface area contributed by atoms with Crippen molar-refractivity contribution in [3.8, 4) is 0 Å². The Morgan fingerprint density at radius 1 is 0.875 bits per heavy atom. The van der Waals surface area contributed by atoms with Gasteiger partial charge in [-0.2, -0.15) is 0 Å². The summed E-state index contributed by atoms with van der Waals surface area (Å²) in [4.78, 5) is 0. The van der Waals surface area contributed by atoms with E-state index in [1.54, 1.807) is 0 Å². The van der Waals surface area contributed by atoms with Crippen LogP contribution in [0.5, 0.6) is 0 Å². The van der Waals surface area contributed by atoms with Gasteiger partial charge in [0, 0.05) is 0 Å². The minimum absolute atomic E-state index is 0.0203. The van der Waals surface area contributed by atoms with E-state index in [1.807, 2.05) is 0 Å². The molecule has 0 aliphatic carbocycles. The van der Waals surface area contributed by atoms with Gasteiger partial charge < -0.3 is 43.7 Å². The summed E-state index contributed by atoms with van der Waals surface area (Å²) in [5.74, 6) is 0. The smallest absolute Gasteiger partial charge is 0.114 e. The standard InChI is InChI=1S/C15H26O9/c16-1-12(17)15(24-7-11-5-22-11)14(18)13(23-6-10-4-21-10)8-19-2-9-3-20-9/h9-18H,1-8H2/t9?,10?,11?,12-,13+,14-,15-/m1/s1. The van der Waals surface area contributed by atoms with Crippen molar-refractivity contribution in [2.75, 3.05) is 52.9 Å². The van der Waals surface area contributed by atoms with Crippen molar-refractivity contribution in [2.45, 2.75) is 42.7 Å². The van der Waals surface area contributed by atoms with E-state index in [2.05, 4.69) is 0 Å². The molecule has 0 bridgehead atoms. The number of epoxide rings is 3. The first kappa shape index (κ1) is 18.4. The van der Waals surface area contributed by atoms with Crippen LogP contribution in [0, 0.1) is 0 Å². The molecule has 0 amide bonds. The Hall–Kier alpha value is -0.360.